The van der Waals surface area contributed by atoms with Gasteiger partial charge in [0.1, 0.15) is 5.60 Å². The van der Waals surface area contributed by atoms with Gasteiger partial charge >= 0.3 is 6.09 Å². The molecule has 0 atom stereocenters. The molecule has 0 unspecified atom stereocenters. The fourth-order valence-electron chi connectivity index (χ4n) is 3.23. The minimum absolute atomic E-state index is 0.00680. The summed E-state index contributed by atoms with van der Waals surface area (Å²) in [5.41, 5.74) is 0.353. The van der Waals surface area contributed by atoms with Crippen LogP contribution in [0.2, 0.25) is 0 Å². The maximum Gasteiger partial charge on any atom is 0.410 e. The van der Waals surface area contributed by atoms with Crippen LogP contribution in [0.15, 0.2) is 29.2 Å². The normalized spacial score (nSPS) is 17.4. The summed E-state index contributed by atoms with van der Waals surface area (Å²) in [6.07, 6.45) is -0.0652. The van der Waals surface area contributed by atoms with Crippen LogP contribution in [0.1, 0.15) is 27.2 Å². The highest BCUT2D eigenvalue weighted by Gasteiger charge is 2.29. The van der Waals surface area contributed by atoms with Crippen molar-refractivity contribution in [3.63, 3.8) is 0 Å². The van der Waals surface area contributed by atoms with E-state index in [9.17, 15) is 14.4 Å². The Bertz CT molecular complexity index is 754. The van der Waals surface area contributed by atoms with Crippen LogP contribution in [0, 0.1) is 0 Å². The molecule has 2 heterocycles. The van der Waals surface area contributed by atoms with Crippen molar-refractivity contribution < 1.29 is 19.1 Å². The Kier molecular flexibility index (Phi) is 6.17. The molecular formula is C20H27N3O4S. The van der Waals surface area contributed by atoms with E-state index >= 15 is 0 Å². The molecule has 3 amide bonds. The molecular weight excluding hydrogens is 378 g/mol. The molecule has 0 spiro atoms. The molecule has 1 fully saturated rings. The monoisotopic (exact) mass is 405 g/mol. The number of hydrogen-bond donors (Lipinski definition) is 0. The summed E-state index contributed by atoms with van der Waals surface area (Å²) in [6, 6.07) is 7.78. The fourth-order valence-corrected chi connectivity index (χ4v) is 4.17. The molecule has 7 nitrogen and oxygen atoms in total. The van der Waals surface area contributed by atoms with E-state index in [-0.39, 0.29) is 24.3 Å². The predicted molar refractivity (Wildman–Crippen MR) is 109 cm³/mol. The number of anilines is 1. The topological polar surface area (TPSA) is 70.2 Å². The number of carbonyl (C=O) groups is 3. The molecule has 0 radical (unpaired) electrons. The Morgan fingerprint density at radius 2 is 1.71 bits per heavy atom. The summed E-state index contributed by atoms with van der Waals surface area (Å²) in [5.74, 6) is 0.443. The third-order valence-corrected chi connectivity index (χ3v) is 5.69. The van der Waals surface area contributed by atoms with E-state index in [2.05, 4.69) is 0 Å². The van der Waals surface area contributed by atoms with Gasteiger partial charge in [-0.05, 0) is 32.9 Å². The van der Waals surface area contributed by atoms with Crippen molar-refractivity contribution in [1.82, 2.24) is 9.80 Å². The Hall–Kier alpha value is -2.22. The lowest BCUT2D eigenvalue weighted by molar-refractivity contribution is -0.132. The van der Waals surface area contributed by atoms with Gasteiger partial charge < -0.3 is 19.4 Å². The van der Waals surface area contributed by atoms with E-state index in [0.717, 1.165) is 10.6 Å². The van der Waals surface area contributed by atoms with Crippen LogP contribution < -0.4 is 4.90 Å². The third kappa shape index (κ3) is 4.98. The number of nitrogens with zero attached hydrogens (tertiary/aromatic N) is 3. The van der Waals surface area contributed by atoms with Crippen molar-refractivity contribution in [3.05, 3.63) is 24.3 Å². The Balaban J connectivity index is 1.50. The Morgan fingerprint density at radius 1 is 1.07 bits per heavy atom. The Labute approximate surface area is 170 Å². The predicted octanol–water partition coefficient (Wildman–Crippen LogP) is 2.59. The molecule has 2 aliphatic heterocycles. The molecule has 8 heteroatoms. The first-order valence-electron chi connectivity index (χ1n) is 9.52. The van der Waals surface area contributed by atoms with E-state index in [1.54, 1.807) is 14.7 Å². The van der Waals surface area contributed by atoms with Crippen LogP contribution in [0.25, 0.3) is 0 Å². The molecule has 3 rings (SSSR count). The maximum atomic E-state index is 12.6. The number of fused-ring (bicyclic) bond motifs is 1. The van der Waals surface area contributed by atoms with Gasteiger partial charge in [-0.2, -0.15) is 0 Å². The molecule has 0 aromatic heterocycles. The molecule has 0 aliphatic carbocycles. The highest BCUT2D eigenvalue weighted by atomic mass is 32.2. The molecule has 0 saturated carbocycles. The number of rotatable bonds is 3. The van der Waals surface area contributed by atoms with Gasteiger partial charge in [-0.25, -0.2) is 4.79 Å². The molecule has 0 N–H and O–H groups in total. The van der Waals surface area contributed by atoms with Crippen molar-refractivity contribution in [3.8, 4) is 0 Å². The SMILES string of the molecule is CC(C)(C)OC(=O)N1CCN(C(=O)CCN2C(=O)CSc3ccccc32)CC1. The molecule has 0 bridgehead atoms. The minimum atomic E-state index is -0.528. The van der Waals surface area contributed by atoms with Crippen molar-refractivity contribution >= 4 is 35.4 Å². The van der Waals surface area contributed by atoms with Crippen LogP contribution >= 0.6 is 11.8 Å². The summed E-state index contributed by atoms with van der Waals surface area (Å²) in [4.78, 5) is 43.2. The number of ether oxygens (including phenoxy) is 1. The van der Waals surface area contributed by atoms with E-state index in [0.29, 0.717) is 38.5 Å². The van der Waals surface area contributed by atoms with Crippen LogP contribution in [-0.4, -0.2) is 71.8 Å². The van der Waals surface area contributed by atoms with Gasteiger partial charge in [-0.15, -0.1) is 11.8 Å². The van der Waals surface area contributed by atoms with Gasteiger partial charge in [-0.1, -0.05) is 12.1 Å². The zero-order valence-electron chi connectivity index (χ0n) is 16.6. The van der Waals surface area contributed by atoms with Gasteiger partial charge in [0.25, 0.3) is 0 Å². The van der Waals surface area contributed by atoms with Crippen LogP contribution in [0.4, 0.5) is 10.5 Å². The molecule has 1 aromatic carbocycles. The summed E-state index contributed by atoms with van der Waals surface area (Å²) >= 11 is 1.53. The van der Waals surface area contributed by atoms with Crippen molar-refractivity contribution in [2.45, 2.75) is 37.7 Å². The molecule has 152 valence electrons. The van der Waals surface area contributed by atoms with E-state index in [4.69, 9.17) is 4.74 Å². The number of thioether (sulfide) groups is 1. The summed E-state index contributed by atoms with van der Waals surface area (Å²) in [6.45, 7) is 7.78. The summed E-state index contributed by atoms with van der Waals surface area (Å²) in [7, 11) is 0. The van der Waals surface area contributed by atoms with Gasteiger partial charge in [0.15, 0.2) is 0 Å². The number of benzene rings is 1. The van der Waals surface area contributed by atoms with E-state index in [1.807, 2.05) is 45.0 Å². The highest BCUT2D eigenvalue weighted by Crippen LogP contribution is 2.34. The second-order valence-corrected chi connectivity index (χ2v) is 8.92. The number of carbonyl (C=O) groups excluding carboxylic acids is 3. The number of hydrogen-bond acceptors (Lipinski definition) is 5. The average molecular weight is 406 g/mol. The largest absolute Gasteiger partial charge is 0.444 e. The second kappa shape index (κ2) is 8.43. The first-order chi connectivity index (χ1) is 13.2. The van der Waals surface area contributed by atoms with E-state index in [1.165, 1.54) is 11.8 Å². The number of piperazine rings is 1. The molecule has 28 heavy (non-hydrogen) atoms. The smallest absolute Gasteiger partial charge is 0.410 e. The molecule has 1 aromatic rings. The lowest BCUT2D eigenvalue weighted by atomic mass is 10.2. The third-order valence-electron chi connectivity index (χ3n) is 4.64. The second-order valence-electron chi connectivity index (χ2n) is 7.90. The van der Waals surface area contributed by atoms with Crippen molar-refractivity contribution in [2.24, 2.45) is 0 Å². The lowest BCUT2D eigenvalue weighted by Crippen LogP contribution is -2.52. The Morgan fingerprint density at radius 3 is 2.39 bits per heavy atom. The van der Waals surface area contributed by atoms with Gasteiger partial charge in [0.2, 0.25) is 11.8 Å². The van der Waals surface area contributed by atoms with Gasteiger partial charge in [0.05, 0.1) is 11.4 Å². The van der Waals surface area contributed by atoms with Crippen LogP contribution in [-0.2, 0) is 14.3 Å². The lowest BCUT2D eigenvalue weighted by Gasteiger charge is -2.36. The zero-order valence-corrected chi connectivity index (χ0v) is 17.5. The first-order valence-corrected chi connectivity index (χ1v) is 10.5. The molecule has 1 saturated heterocycles. The summed E-state index contributed by atoms with van der Waals surface area (Å²) < 4.78 is 5.38. The summed E-state index contributed by atoms with van der Waals surface area (Å²) in [5, 5.41) is 0. The highest BCUT2D eigenvalue weighted by molar-refractivity contribution is 8.00. The first kappa shape index (κ1) is 20.5. The van der Waals surface area contributed by atoms with Crippen LogP contribution in [0.5, 0.6) is 0 Å². The fraction of sp³-hybridized carbons (Fsp3) is 0.550. The van der Waals surface area contributed by atoms with Crippen molar-refractivity contribution in [1.29, 1.82) is 0 Å². The zero-order chi connectivity index (χ0) is 20.3. The minimum Gasteiger partial charge on any atom is -0.444 e. The quantitative estimate of drug-likeness (QED) is 0.773. The van der Waals surface area contributed by atoms with Crippen LogP contribution in [0.3, 0.4) is 0 Å². The maximum absolute atomic E-state index is 12.6. The average Bonchev–Trinajstić information content (AvgIpc) is 2.66. The van der Waals surface area contributed by atoms with E-state index < -0.39 is 5.60 Å². The number of amides is 3. The van der Waals surface area contributed by atoms with Gasteiger partial charge in [0, 0.05) is 44.0 Å². The van der Waals surface area contributed by atoms with Gasteiger partial charge in [-0.3, -0.25) is 9.59 Å². The van der Waals surface area contributed by atoms with Crippen molar-refractivity contribution in [2.75, 3.05) is 43.4 Å². The molecule has 2 aliphatic rings. The number of para-hydroxylation sites is 1. The standard InChI is InChI=1S/C20H27N3O4S/c1-20(2,3)27-19(26)22-12-10-21(11-13-22)17(24)8-9-23-15-6-4-5-7-16(15)28-14-18(23)25/h4-7H,8-14H2,1-3H3.